The Morgan fingerprint density at radius 2 is 1.90 bits per heavy atom. The van der Waals surface area contributed by atoms with Crippen LogP contribution in [0.2, 0.25) is 0 Å². The highest BCUT2D eigenvalue weighted by Gasteiger charge is 2.11. The van der Waals surface area contributed by atoms with Crippen LogP contribution in [0.15, 0.2) is 23.4 Å². The molecule has 0 amide bonds. The molecule has 0 aliphatic heterocycles. The smallest absolute Gasteiger partial charge is 0.161 e. The van der Waals surface area contributed by atoms with Crippen LogP contribution in [0.3, 0.4) is 0 Å². The van der Waals surface area contributed by atoms with Crippen molar-refractivity contribution in [2.24, 2.45) is 5.16 Å². The lowest BCUT2D eigenvalue weighted by atomic mass is 10.1. The third kappa shape index (κ3) is 5.09. The minimum absolute atomic E-state index is 0.175. The topological polar surface area (TPSA) is 60.3 Å². The fraction of sp³-hybridized carbons (Fsp3) is 0.533. The molecule has 20 heavy (non-hydrogen) atoms. The minimum atomic E-state index is -0.175. The largest absolute Gasteiger partial charge is 0.493 e. The zero-order valence-corrected chi connectivity index (χ0v) is 12.8. The Balaban J connectivity index is 2.67. The molecule has 0 bridgehead atoms. The van der Waals surface area contributed by atoms with Crippen molar-refractivity contribution in [3.05, 3.63) is 23.8 Å². The standard InChI is InChI=1S/C15H23NO4/c1-11(16-17)12-6-7-13(14(10-12)18-5)19-8-9-20-15(2,3)4/h6-7,10,17H,8-9H2,1-5H3/b16-11+. The predicted octanol–water partition coefficient (Wildman–Crippen LogP) is 3.09. The molecule has 0 aromatic heterocycles. The highest BCUT2D eigenvalue weighted by Crippen LogP contribution is 2.28. The Hall–Kier alpha value is -1.75. The van der Waals surface area contributed by atoms with Gasteiger partial charge >= 0.3 is 0 Å². The van der Waals surface area contributed by atoms with E-state index in [1.165, 1.54) is 0 Å². The van der Waals surface area contributed by atoms with Crippen molar-refractivity contribution >= 4 is 5.71 Å². The van der Waals surface area contributed by atoms with Gasteiger partial charge in [-0.25, -0.2) is 0 Å². The molecule has 0 fully saturated rings. The van der Waals surface area contributed by atoms with Crippen LogP contribution in [-0.2, 0) is 4.74 Å². The van der Waals surface area contributed by atoms with E-state index >= 15 is 0 Å². The fourth-order valence-electron chi connectivity index (χ4n) is 1.57. The molecule has 0 spiro atoms. The van der Waals surface area contributed by atoms with Gasteiger partial charge in [0.05, 0.1) is 25.0 Å². The Labute approximate surface area is 120 Å². The quantitative estimate of drug-likeness (QED) is 0.377. The van der Waals surface area contributed by atoms with Crippen molar-refractivity contribution in [3.63, 3.8) is 0 Å². The molecular weight excluding hydrogens is 258 g/mol. The zero-order valence-electron chi connectivity index (χ0n) is 12.8. The Kier molecular flexibility index (Phi) is 5.82. The Morgan fingerprint density at radius 3 is 2.45 bits per heavy atom. The summed E-state index contributed by atoms with van der Waals surface area (Å²) in [6, 6.07) is 5.38. The van der Waals surface area contributed by atoms with E-state index in [0.29, 0.717) is 30.4 Å². The van der Waals surface area contributed by atoms with Crippen LogP contribution in [0.25, 0.3) is 0 Å². The van der Waals surface area contributed by atoms with Gasteiger partial charge in [0.2, 0.25) is 0 Å². The molecule has 0 aliphatic rings. The van der Waals surface area contributed by atoms with E-state index in [-0.39, 0.29) is 5.60 Å². The summed E-state index contributed by atoms with van der Waals surface area (Å²) < 4.78 is 16.5. The molecule has 1 rings (SSSR count). The third-order valence-corrected chi connectivity index (χ3v) is 2.61. The summed E-state index contributed by atoms with van der Waals surface area (Å²) in [7, 11) is 1.57. The van der Waals surface area contributed by atoms with Crippen molar-refractivity contribution in [1.82, 2.24) is 0 Å². The molecule has 1 aromatic rings. The van der Waals surface area contributed by atoms with Crippen LogP contribution >= 0.6 is 0 Å². The second kappa shape index (κ2) is 7.14. The SMILES string of the molecule is COc1cc(/C(C)=N/O)ccc1OCCOC(C)(C)C. The number of hydrogen-bond acceptors (Lipinski definition) is 5. The Bertz CT molecular complexity index is 463. The lowest BCUT2D eigenvalue weighted by Gasteiger charge is -2.20. The van der Waals surface area contributed by atoms with Crippen LogP contribution in [-0.4, -0.2) is 36.8 Å². The van der Waals surface area contributed by atoms with E-state index < -0.39 is 0 Å². The fourth-order valence-corrected chi connectivity index (χ4v) is 1.57. The van der Waals surface area contributed by atoms with Crippen LogP contribution in [0.5, 0.6) is 11.5 Å². The molecule has 0 heterocycles. The molecular formula is C15H23NO4. The summed E-state index contributed by atoms with van der Waals surface area (Å²) in [4.78, 5) is 0. The summed E-state index contributed by atoms with van der Waals surface area (Å²) in [5.41, 5.74) is 1.12. The van der Waals surface area contributed by atoms with Gasteiger partial charge in [0.15, 0.2) is 11.5 Å². The van der Waals surface area contributed by atoms with E-state index in [0.717, 1.165) is 5.56 Å². The highest BCUT2D eigenvalue weighted by molar-refractivity contribution is 5.98. The average Bonchev–Trinajstić information content (AvgIpc) is 2.41. The van der Waals surface area contributed by atoms with E-state index in [1.54, 1.807) is 26.2 Å². The molecule has 1 aromatic carbocycles. The first kappa shape index (κ1) is 16.3. The minimum Gasteiger partial charge on any atom is -0.493 e. The Morgan fingerprint density at radius 1 is 1.20 bits per heavy atom. The van der Waals surface area contributed by atoms with E-state index in [4.69, 9.17) is 19.4 Å². The normalized spacial score (nSPS) is 12.3. The molecule has 0 atom stereocenters. The van der Waals surface area contributed by atoms with Gasteiger partial charge in [0, 0.05) is 5.56 Å². The average molecular weight is 281 g/mol. The summed E-state index contributed by atoms with van der Waals surface area (Å²) in [6.45, 7) is 8.66. The van der Waals surface area contributed by atoms with Gasteiger partial charge in [-0.15, -0.1) is 0 Å². The zero-order chi connectivity index (χ0) is 15.2. The van der Waals surface area contributed by atoms with Crippen molar-refractivity contribution in [2.75, 3.05) is 20.3 Å². The summed E-state index contributed by atoms with van der Waals surface area (Å²) in [6.07, 6.45) is 0. The van der Waals surface area contributed by atoms with Crippen molar-refractivity contribution in [1.29, 1.82) is 0 Å². The van der Waals surface area contributed by atoms with Gasteiger partial charge in [-0.05, 0) is 45.9 Å². The number of hydrogen-bond donors (Lipinski definition) is 1. The molecule has 0 saturated heterocycles. The van der Waals surface area contributed by atoms with E-state index in [9.17, 15) is 0 Å². The summed E-state index contributed by atoms with van der Waals surface area (Å²) >= 11 is 0. The number of ether oxygens (including phenoxy) is 3. The van der Waals surface area contributed by atoms with Crippen LogP contribution in [0.1, 0.15) is 33.3 Å². The van der Waals surface area contributed by atoms with E-state index in [2.05, 4.69) is 5.16 Å². The second-order valence-corrected chi connectivity index (χ2v) is 5.36. The summed E-state index contributed by atoms with van der Waals surface area (Å²) in [5, 5.41) is 11.9. The van der Waals surface area contributed by atoms with Gasteiger partial charge in [-0.1, -0.05) is 5.16 Å². The molecule has 0 radical (unpaired) electrons. The lowest BCUT2D eigenvalue weighted by molar-refractivity contribution is -0.0165. The van der Waals surface area contributed by atoms with Gasteiger partial charge in [-0.2, -0.15) is 0 Å². The van der Waals surface area contributed by atoms with Crippen molar-refractivity contribution in [2.45, 2.75) is 33.3 Å². The van der Waals surface area contributed by atoms with Crippen molar-refractivity contribution in [3.8, 4) is 11.5 Å². The maximum absolute atomic E-state index is 8.77. The van der Waals surface area contributed by atoms with Gasteiger partial charge in [-0.3, -0.25) is 0 Å². The maximum atomic E-state index is 8.77. The number of oxime groups is 1. The molecule has 112 valence electrons. The number of methoxy groups -OCH3 is 1. The summed E-state index contributed by atoms with van der Waals surface area (Å²) in [5.74, 6) is 1.24. The second-order valence-electron chi connectivity index (χ2n) is 5.36. The van der Waals surface area contributed by atoms with Gasteiger partial charge in [0.1, 0.15) is 6.61 Å². The van der Waals surface area contributed by atoms with Crippen molar-refractivity contribution < 1.29 is 19.4 Å². The number of benzene rings is 1. The first-order chi connectivity index (χ1) is 9.37. The number of nitrogens with zero attached hydrogens (tertiary/aromatic N) is 1. The van der Waals surface area contributed by atoms with Crippen LogP contribution in [0, 0.1) is 0 Å². The molecule has 5 nitrogen and oxygen atoms in total. The molecule has 5 heteroatoms. The monoisotopic (exact) mass is 281 g/mol. The van der Waals surface area contributed by atoms with Gasteiger partial charge < -0.3 is 19.4 Å². The highest BCUT2D eigenvalue weighted by atomic mass is 16.5. The molecule has 0 saturated carbocycles. The van der Waals surface area contributed by atoms with Crippen LogP contribution < -0.4 is 9.47 Å². The van der Waals surface area contributed by atoms with E-state index in [1.807, 2.05) is 26.8 Å². The first-order valence-corrected chi connectivity index (χ1v) is 6.51. The van der Waals surface area contributed by atoms with Gasteiger partial charge in [0.25, 0.3) is 0 Å². The van der Waals surface area contributed by atoms with Crippen LogP contribution in [0.4, 0.5) is 0 Å². The molecule has 1 N–H and O–H groups in total. The molecule has 0 unspecified atom stereocenters. The number of rotatable bonds is 6. The lowest BCUT2D eigenvalue weighted by Crippen LogP contribution is -2.22. The predicted molar refractivity (Wildman–Crippen MR) is 78.2 cm³/mol. The third-order valence-electron chi connectivity index (χ3n) is 2.61. The first-order valence-electron chi connectivity index (χ1n) is 6.51. The maximum Gasteiger partial charge on any atom is 0.161 e. The molecule has 0 aliphatic carbocycles.